The zero-order chi connectivity index (χ0) is 21.7. The number of thiophene rings is 1. The number of hydrogen-bond acceptors (Lipinski definition) is 5. The molecule has 0 spiro atoms. The van der Waals surface area contributed by atoms with Crippen molar-refractivity contribution in [3.05, 3.63) is 33.5 Å². The van der Waals surface area contributed by atoms with E-state index in [1.807, 2.05) is 17.8 Å². The van der Waals surface area contributed by atoms with E-state index in [4.69, 9.17) is 17.0 Å². The molecule has 1 aliphatic rings. The Hall–Kier alpha value is -1.93. The van der Waals surface area contributed by atoms with Gasteiger partial charge in [0.25, 0.3) is 0 Å². The van der Waals surface area contributed by atoms with Crippen LogP contribution in [0, 0.1) is 6.92 Å². The number of rotatable bonds is 6. The molecule has 3 rings (SSSR count). The molecule has 8 heteroatoms. The molecular formula is C22H32N4O2S2. The highest BCUT2D eigenvalue weighted by atomic mass is 32.1. The van der Waals surface area contributed by atoms with Crippen molar-refractivity contribution in [2.45, 2.75) is 78.8 Å². The van der Waals surface area contributed by atoms with Crippen molar-refractivity contribution in [1.29, 1.82) is 0 Å². The van der Waals surface area contributed by atoms with E-state index in [1.165, 1.54) is 17.7 Å². The van der Waals surface area contributed by atoms with Gasteiger partial charge in [0.1, 0.15) is 5.00 Å². The third kappa shape index (κ3) is 5.03. The highest BCUT2D eigenvalue weighted by Gasteiger charge is 2.26. The minimum Gasteiger partial charge on any atom is -0.462 e. The van der Waals surface area contributed by atoms with Gasteiger partial charge in [-0.05, 0) is 71.2 Å². The molecule has 1 unspecified atom stereocenters. The smallest absolute Gasteiger partial charge is 0.341 e. The number of nitrogens with one attached hydrogen (secondary N) is 2. The molecule has 0 fully saturated rings. The summed E-state index contributed by atoms with van der Waals surface area (Å²) in [6.07, 6.45) is 8.55. The van der Waals surface area contributed by atoms with Crippen LogP contribution in [-0.4, -0.2) is 27.5 Å². The first kappa shape index (κ1) is 22.7. The summed E-state index contributed by atoms with van der Waals surface area (Å²) in [6, 6.07) is 0.0114. The summed E-state index contributed by atoms with van der Waals surface area (Å²) in [4.78, 5) is 14.1. The van der Waals surface area contributed by atoms with Crippen LogP contribution in [0.15, 0.2) is 6.20 Å². The number of thiocarbonyl (C=S) groups is 1. The number of carbonyl (C=O) groups is 1. The van der Waals surface area contributed by atoms with Crippen molar-refractivity contribution in [2.24, 2.45) is 0 Å². The Bertz CT molecular complexity index is 903. The SMILES string of the molecule is CCOC(=O)c1c(NC(=S)NC(C)c2cnn(CC)c2C)sc2c1CCCCCC2. The molecule has 2 N–H and O–H groups in total. The Morgan fingerprint density at radius 3 is 2.70 bits per heavy atom. The summed E-state index contributed by atoms with van der Waals surface area (Å²) < 4.78 is 7.36. The molecule has 0 aromatic carbocycles. The maximum atomic E-state index is 12.8. The predicted molar refractivity (Wildman–Crippen MR) is 127 cm³/mol. The molecule has 0 radical (unpaired) electrons. The zero-order valence-corrected chi connectivity index (χ0v) is 20.0. The number of nitrogens with zero attached hydrogens (tertiary/aromatic N) is 2. The van der Waals surface area contributed by atoms with Gasteiger partial charge in [-0.2, -0.15) is 5.10 Å². The van der Waals surface area contributed by atoms with Gasteiger partial charge in [-0.1, -0.05) is 12.8 Å². The molecule has 30 heavy (non-hydrogen) atoms. The normalized spacial score (nSPS) is 14.9. The van der Waals surface area contributed by atoms with Crippen molar-refractivity contribution in [3.8, 4) is 0 Å². The van der Waals surface area contributed by atoms with Crippen LogP contribution >= 0.6 is 23.6 Å². The van der Waals surface area contributed by atoms with E-state index in [0.717, 1.165) is 54.0 Å². The number of anilines is 1. The summed E-state index contributed by atoms with van der Waals surface area (Å²) >= 11 is 7.25. The Morgan fingerprint density at radius 2 is 2.03 bits per heavy atom. The first-order valence-electron chi connectivity index (χ1n) is 10.9. The maximum Gasteiger partial charge on any atom is 0.341 e. The van der Waals surface area contributed by atoms with Gasteiger partial charge in [0, 0.05) is 22.7 Å². The lowest BCUT2D eigenvalue weighted by Crippen LogP contribution is -2.31. The second kappa shape index (κ2) is 10.4. The predicted octanol–water partition coefficient (Wildman–Crippen LogP) is 5.16. The Kier molecular flexibility index (Phi) is 7.88. The first-order valence-corrected chi connectivity index (χ1v) is 12.1. The van der Waals surface area contributed by atoms with Crippen LogP contribution in [0.1, 0.15) is 84.6 Å². The molecule has 2 aromatic rings. The first-order chi connectivity index (χ1) is 14.5. The zero-order valence-electron chi connectivity index (χ0n) is 18.3. The van der Waals surface area contributed by atoms with Gasteiger partial charge in [-0.25, -0.2) is 4.79 Å². The lowest BCUT2D eigenvalue weighted by molar-refractivity contribution is 0.0526. The molecule has 0 saturated heterocycles. The molecule has 0 aliphatic heterocycles. The molecule has 2 heterocycles. The van der Waals surface area contributed by atoms with E-state index < -0.39 is 0 Å². The summed E-state index contributed by atoms with van der Waals surface area (Å²) in [5.74, 6) is -0.256. The van der Waals surface area contributed by atoms with E-state index in [2.05, 4.69) is 36.5 Å². The van der Waals surface area contributed by atoms with Crippen molar-refractivity contribution in [1.82, 2.24) is 15.1 Å². The number of esters is 1. The highest BCUT2D eigenvalue weighted by Crippen LogP contribution is 2.37. The lowest BCUT2D eigenvalue weighted by Gasteiger charge is -2.17. The maximum absolute atomic E-state index is 12.8. The monoisotopic (exact) mass is 448 g/mol. The number of aromatic nitrogens is 2. The van der Waals surface area contributed by atoms with E-state index >= 15 is 0 Å². The third-order valence-corrected chi connectivity index (χ3v) is 7.06. The topological polar surface area (TPSA) is 68.2 Å². The van der Waals surface area contributed by atoms with Gasteiger partial charge in [-0.15, -0.1) is 11.3 Å². The molecule has 2 aromatic heterocycles. The number of aryl methyl sites for hydroxylation is 2. The molecule has 1 aliphatic carbocycles. The molecule has 0 saturated carbocycles. The second-order valence-electron chi connectivity index (χ2n) is 7.66. The molecule has 6 nitrogen and oxygen atoms in total. The van der Waals surface area contributed by atoms with Crippen LogP contribution in [0.2, 0.25) is 0 Å². The largest absolute Gasteiger partial charge is 0.462 e. The number of hydrogen-bond donors (Lipinski definition) is 2. The van der Waals surface area contributed by atoms with Gasteiger partial charge in [0.05, 0.1) is 24.4 Å². The number of carbonyl (C=O) groups excluding carboxylic acids is 1. The fraction of sp³-hybridized carbons (Fsp3) is 0.591. The van der Waals surface area contributed by atoms with Gasteiger partial charge in [-0.3, -0.25) is 4.68 Å². The molecular weight excluding hydrogens is 416 g/mol. The van der Waals surface area contributed by atoms with Crippen LogP contribution in [0.25, 0.3) is 0 Å². The van der Waals surface area contributed by atoms with Crippen molar-refractivity contribution >= 4 is 39.6 Å². The van der Waals surface area contributed by atoms with Crippen molar-refractivity contribution < 1.29 is 9.53 Å². The van der Waals surface area contributed by atoms with Gasteiger partial charge in [0.15, 0.2) is 5.11 Å². The average Bonchev–Trinajstić information content (AvgIpc) is 3.21. The average molecular weight is 449 g/mol. The van der Waals surface area contributed by atoms with E-state index in [0.29, 0.717) is 17.3 Å². The Labute approximate surface area is 188 Å². The summed E-state index contributed by atoms with van der Waals surface area (Å²) in [5.41, 5.74) is 4.07. The standard InChI is InChI=1S/C22H32N4O2S2/c1-5-26-15(4)17(13-23-26)14(3)24-22(29)25-20-19(21(27)28-6-2)16-11-9-7-8-10-12-18(16)30-20/h13-14H,5-12H2,1-4H3,(H2,24,25,29). The van der Waals surface area contributed by atoms with Crippen LogP contribution in [0.5, 0.6) is 0 Å². The number of fused-ring (bicyclic) bond motifs is 1. The highest BCUT2D eigenvalue weighted by molar-refractivity contribution is 7.80. The fourth-order valence-corrected chi connectivity index (χ4v) is 5.67. The quantitative estimate of drug-likeness (QED) is 0.470. The number of ether oxygens (including phenoxy) is 1. The minimum absolute atomic E-state index is 0.0114. The molecule has 164 valence electrons. The van der Waals surface area contributed by atoms with Crippen LogP contribution < -0.4 is 10.6 Å². The van der Waals surface area contributed by atoms with Crippen LogP contribution in [0.4, 0.5) is 5.00 Å². The van der Waals surface area contributed by atoms with E-state index in [-0.39, 0.29) is 12.0 Å². The molecule has 0 amide bonds. The summed E-state index contributed by atoms with van der Waals surface area (Å²) in [7, 11) is 0. The lowest BCUT2D eigenvalue weighted by atomic mass is 9.96. The van der Waals surface area contributed by atoms with Crippen molar-refractivity contribution in [2.75, 3.05) is 11.9 Å². The van der Waals surface area contributed by atoms with E-state index in [9.17, 15) is 4.79 Å². The fourth-order valence-electron chi connectivity index (χ4n) is 4.05. The minimum atomic E-state index is -0.256. The third-order valence-electron chi connectivity index (χ3n) is 5.63. The second-order valence-corrected chi connectivity index (χ2v) is 9.18. The Balaban J connectivity index is 1.80. The molecule has 1 atom stereocenters. The van der Waals surface area contributed by atoms with Crippen LogP contribution in [-0.2, 0) is 24.1 Å². The summed E-state index contributed by atoms with van der Waals surface area (Å²) in [5, 5.41) is 12.4. The molecule has 0 bridgehead atoms. The Morgan fingerprint density at radius 1 is 1.30 bits per heavy atom. The van der Waals surface area contributed by atoms with Gasteiger partial charge in [0.2, 0.25) is 0 Å². The summed E-state index contributed by atoms with van der Waals surface area (Å²) in [6.45, 7) is 9.26. The van der Waals surface area contributed by atoms with Crippen molar-refractivity contribution in [3.63, 3.8) is 0 Å². The van der Waals surface area contributed by atoms with Gasteiger partial charge < -0.3 is 15.4 Å². The van der Waals surface area contributed by atoms with Crippen LogP contribution in [0.3, 0.4) is 0 Å². The van der Waals surface area contributed by atoms with E-state index in [1.54, 1.807) is 11.3 Å². The van der Waals surface area contributed by atoms with Gasteiger partial charge >= 0.3 is 5.97 Å².